The van der Waals surface area contributed by atoms with Crippen molar-refractivity contribution in [3.05, 3.63) is 29.6 Å². The Hall–Kier alpha value is -1.02. The molecule has 0 amide bonds. The SMILES string of the molecule is Cc1cccc2c1nc(CCl)n2C1C2C3CCC(C3)C21. The first-order chi connectivity index (χ1) is 9.79. The van der Waals surface area contributed by atoms with Gasteiger partial charge in [-0.25, -0.2) is 4.98 Å². The van der Waals surface area contributed by atoms with Gasteiger partial charge in [-0.3, -0.25) is 0 Å². The van der Waals surface area contributed by atoms with Gasteiger partial charge < -0.3 is 4.57 Å². The fourth-order valence-corrected chi connectivity index (χ4v) is 5.54. The summed E-state index contributed by atoms with van der Waals surface area (Å²) in [7, 11) is 0. The van der Waals surface area contributed by atoms with Crippen molar-refractivity contribution >= 4 is 22.6 Å². The van der Waals surface area contributed by atoms with Crippen LogP contribution in [0.25, 0.3) is 11.0 Å². The van der Waals surface area contributed by atoms with Crippen LogP contribution in [0.4, 0.5) is 0 Å². The van der Waals surface area contributed by atoms with Gasteiger partial charge in [0.25, 0.3) is 0 Å². The number of rotatable bonds is 2. The van der Waals surface area contributed by atoms with E-state index in [0.29, 0.717) is 11.9 Å². The summed E-state index contributed by atoms with van der Waals surface area (Å²) in [5.74, 6) is 5.43. The summed E-state index contributed by atoms with van der Waals surface area (Å²) < 4.78 is 2.50. The number of halogens is 1. The minimum absolute atomic E-state index is 0.527. The molecule has 3 aliphatic carbocycles. The number of para-hydroxylation sites is 1. The van der Waals surface area contributed by atoms with E-state index in [4.69, 9.17) is 16.6 Å². The Bertz CT molecular complexity index is 688. The molecule has 0 saturated heterocycles. The van der Waals surface area contributed by atoms with Crippen molar-refractivity contribution in [3.8, 4) is 0 Å². The second-order valence-corrected chi connectivity index (χ2v) is 7.22. The van der Waals surface area contributed by atoms with Crippen LogP contribution in [0.3, 0.4) is 0 Å². The van der Waals surface area contributed by atoms with Crippen molar-refractivity contribution in [2.24, 2.45) is 23.7 Å². The fourth-order valence-electron chi connectivity index (χ4n) is 5.36. The van der Waals surface area contributed by atoms with E-state index >= 15 is 0 Å². The predicted octanol–water partition coefficient (Wildman–Crippen LogP) is 4.30. The molecule has 1 heterocycles. The molecule has 20 heavy (non-hydrogen) atoms. The molecule has 2 aromatic rings. The molecule has 3 saturated carbocycles. The van der Waals surface area contributed by atoms with Gasteiger partial charge in [-0.2, -0.15) is 0 Å². The average molecular weight is 287 g/mol. The van der Waals surface area contributed by atoms with Gasteiger partial charge in [0.2, 0.25) is 0 Å². The van der Waals surface area contributed by atoms with Crippen LogP contribution in [0.15, 0.2) is 18.2 Å². The first-order valence-corrected chi connectivity index (χ1v) is 8.35. The summed E-state index contributed by atoms with van der Waals surface area (Å²) in [6, 6.07) is 7.22. The standard InChI is InChI=1S/C17H19ClN2/c1-9-3-2-4-12-16(9)19-13(8-18)20(12)17-14-10-5-6-11(7-10)15(14)17/h2-4,10-11,14-15,17H,5-8H2,1H3. The Balaban J connectivity index is 1.68. The van der Waals surface area contributed by atoms with Crippen LogP contribution in [-0.4, -0.2) is 9.55 Å². The number of hydrogen-bond acceptors (Lipinski definition) is 1. The van der Waals surface area contributed by atoms with E-state index in [-0.39, 0.29) is 0 Å². The monoisotopic (exact) mass is 286 g/mol. The third-order valence-corrected chi connectivity index (χ3v) is 6.35. The maximum absolute atomic E-state index is 6.19. The summed E-state index contributed by atoms with van der Waals surface area (Å²) >= 11 is 6.19. The van der Waals surface area contributed by atoms with Gasteiger partial charge in [0, 0.05) is 6.04 Å². The molecule has 5 rings (SSSR count). The third-order valence-electron chi connectivity index (χ3n) is 6.11. The number of fused-ring (bicyclic) bond motifs is 6. The molecule has 0 aliphatic heterocycles. The lowest BCUT2D eigenvalue weighted by Gasteiger charge is -2.13. The first-order valence-electron chi connectivity index (χ1n) is 7.82. The van der Waals surface area contributed by atoms with Crippen molar-refractivity contribution in [1.82, 2.24) is 9.55 Å². The third kappa shape index (κ3) is 1.29. The van der Waals surface area contributed by atoms with Crippen LogP contribution in [0, 0.1) is 30.6 Å². The van der Waals surface area contributed by atoms with Crippen LogP contribution in [-0.2, 0) is 5.88 Å². The molecule has 0 radical (unpaired) electrons. The Morgan fingerprint density at radius 3 is 2.70 bits per heavy atom. The maximum atomic E-state index is 6.19. The second kappa shape index (κ2) is 3.79. The number of aromatic nitrogens is 2. The van der Waals surface area contributed by atoms with Crippen LogP contribution in [0.1, 0.15) is 36.7 Å². The first kappa shape index (κ1) is 11.6. The highest BCUT2D eigenvalue weighted by atomic mass is 35.5. The molecule has 2 bridgehead atoms. The Kier molecular flexibility index (Phi) is 2.20. The molecule has 104 valence electrons. The van der Waals surface area contributed by atoms with Gasteiger partial charge in [0.05, 0.1) is 16.9 Å². The molecule has 3 heteroatoms. The molecular formula is C17H19ClN2. The number of aryl methyl sites for hydroxylation is 1. The van der Waals surface area contributed by atoms with E-state index in [9.17, 15) is 0 Å². The summed E-state index contributed by atoms with van der Waals surface area (Å²) in [5.41, 5.74) is 3.72. The summed E-state index contributed by atoms with van der Waals surface area (Å²) in [5, 5.41) is 0. The number of hydrogen-bond donors (Lipinski definition) is 0. The van der Waals surface area contributed by atoms with E-state index in [1.165, 1.54) is 30.3 Å². The smallest absolute Gasteiger partial charge is 0.125 e. The molecular weight excluding hydrogens is 268 g/mol. The van der Waals surface area contributed by atoms with Crippen LogP contribution in [0.5, 0.6) is 0 Å². The lowest BCUT2D eigenvalue weighted by molar-refractivity contribution is 0.454. The minimum atomic E-state index is 0.527. The normalized spacial score (nSPS) is 37.6. The van der Waals surface area contributed by atoms with Crippen molar-refractivity contribution in [3.63, 3.8) is 0 Å². The summed E-state index contributed by atoms with van der Waals surface area (Å²) in [6.45, 7) is 2.15. The average Bonchev–Trinajstić information content (AvgIpc) is 2.83. The Labute approximate surface area is 124 Å². The van der Waals surface area contributed by atoms with E-state index in [1.54, 1.807) is 0 Å². The highest BCUT2D eigenvalue weighted by molar-refractivity contribution is 6.16. The molecule has 0 spiro atoms. The van der Waals surface area contributed by atoms with E-state index in [1.807, 2.05) is 0 Å². The largest absolute Gasteiger partial charge is 0.323 e. The van der Waals surface area contributed by atoms with Crippen molar-refractivity contribution in [1.29, 1.82) is 0 Å². The van der Waals surface area contributed by atoms with Crippen molar-refractivity contribution < 1.29 is 0 Å². The van der Waals surface area contributed by atoms with Gasteiger partial charge >= 0.3 is 0 Å². The van der Waals surface area contributed by atoms with E-state index < -0.39 is 0 Å². The summed E-state index contributed by atoms with van der Waals surface area (Å²) in [6.07, 6.45) is 4.42. The zero-order chi connectivity index (χ0) is 13.4. The van der Waals surface area contributed by atoms with Gasteiger partial charge in [-0.05, 0) is 61.5 Å². The predicted molar refractivity (Wildman–Crippen MR) is 80.9 cm³/mol. The molecule has 1 aromatic carbocycles. The quantitative estimate of drug-likeness (QED) is 0.753. The highest BCUT2D eigenvalue weighted by Crippen LogP contribution is 2.72. The molecule has 0 N–H and O–H groups in total. The van der Waals surface area contributed by atoms with Crippen molar-refractivity contribution in [2.45, 2.75) is 38.1 Å². The van der Waals surface area contributed by atoms with Gasteiger partial charge in [-0.1, -0.05) is 12.1 Å². The minimum Gasteiger partial charge on any atom is -0.323 e. The number of imidazole rings is 1. The Morgan fingerprint density at radius 2 is 2.00 bits per heavy atom. The van der Waals surface area contributed by atoms with Crippen LogP contribution >= 0.6 is 11.6 Å². The maximum Gasteiger partial charge on any atom is 0.125 e. The van der Waals surface area contributed by atoms with Crippen LogP contribution < -0.4 is 0 Å². The Morgan fingerprint density at radius 1 is 1.25 bits per heavy atom. The molecule has 3 aliphatic rings. The van der Waals surface area contributed by atoms with E-state index in [0.717, 1.165) is 35.0 Å². The van der Waals surface area contributed by atoms with Crippen LogP contribution in [0.2, 0.25) is 0 Å². The topological polar surface area (TPSA) is 17.8 Å². The number of alkyl halides is 1. The van der Waals surface area contributed by atoms with Gasteiger partial charge in [0.1, 0.15) is 5.82 Å². The second-order valence-electron chi connectivity index (χ2n) is 6.95. The lowest BCUT2D eigenvalue weighted by Crippen LogP contribution is -2.07. The summed E-state index contributed by atoms with van der Waals surface area (Å²) in [4.78, 5) is 4.82. The molecule has 2 nitrogen and oxygen atoms in total. The zero-order valence-corrected chi connectivity index (χ0v) is 12.5. The zero-order valence-electron chi connectivity index (χ0n) is 11.7. The van der Waals surface area contributed by atoms with Gasteiger partial charge in [-0.15, -0.1) is 11.6 Å². The highest BCUT2D eigenvalue weighted by Gasteiger charge is 2.66. The fraction of sp³-hybridized carbons (Fsp3) is 0.588. The molecule has 4 atom stereocenters. The lowest BCUT2D eigenvalue weighted by atomic mass is 10.0. The molecule has 4 unspecified atom stereocenters. The van der Waals surface area contributed by atoms with Crippen molar-refractivity contribution in [2.75, 3.05) is 0 Å². The number of benzene rings is 1. The van der Waals surface area contributed by atoms with E-state index in [2.05, 4.69) is 29.7 Å². The van der Waals surface area contributed by atoms with Gasteiger partial charge in [0.15, 0.2) is 0 Å². The molecule has 3 fully saturated rings. The number of nitrogens with zero attached hydrogens (tertiary/aromatic N) is 2. The molecule has 1 aromatic heterocycles.